The average molecular weight is 511 g/mol. The maximum atomic E-state index is 14.7. The maximum Gasteiger partial charge on any atom is 0.144 e. The summed E-state index contributed by atoms with van der Waals surface area (Å²) in [6.45, 7) is 1.74. The molecule has 2 aromatic rings. The molecule has 2 fully saturated rings. The summed E-state index contributed by atoms with van der Waals surface area (Å²) in [7, 11) is 0. The number of ether oxygens (including phenoxy) is 3. The van der Waals surface area contributed by atoms with Crippen LogP contribution < -0.4 is 9.47 Å². The van der Waals surface area contributed by atoms with Crippen LogP contribution in [0, 0.1) is 0 Å². The third-order valence-electron chi connectivity index (χ3n) is 6.74. The van der Waals surface area contributed by atoms with E-state index in [9.17, 15) is 24.8 Å². The van der Waals surface area contributed by atoms with Crippen LogP contribution >= 0.6 is 11.6 Å². The molecule has 0 aromatic heterocycles. The first-order valence-corrected chi connectivity index (χ1v) is 12.3. The molecule has 0 amide bonds. The van der Waals surface area contributed by atoms with Gasteiger partial charge in [0.2, 0.25) is 0 Å². The molecule has 1 aliphatic heterocycles. The van der Waals surface area contributed by atoms with Gasteiger partial charge < -0.3 is 34.6 Å². The normalized spacial score (nSPS) is 27.8. The van der Waals surface area contributed by atoms with Crippen LogP contribution in [-0.4, -0.2) is 70.3 Å². The van der Waals surface area contributed by atoms with E-state index in [0.29, 0.717) is 42.0 Å². The van der Waals surface area contributed by atoms with Crippen LogP contribution in [0.1, 0.15) is 49.0 Å². The van der Waals surface area contributed by atoms with E-state index >= 15 is 0 Å². The first-order valence-electron chi connectivity index (χ1n) is 11.9. The molecule has 2 aromatic carbocycles. The van der Waals surface area contributed by atoms with Gasteiger partial charge in [0.25, 0.3) is 0 Å². The van der Waals surface area contributed by atoms with Crippen molar-refractivity contribution in [3.8, 4) is 11.5 Å². The first-order chi connectivity index (χ1) is 16.7. The zero-order chi connectivity index (χ0) is 25.2. The highest BCUT2D eigenvalue weighted by atomic mass is 35.5. The third kappa shape index (κ3) is 5.74. The van der Waals surface area contributed by atoms with Crippen LogP contribution in [0.25, 0.3) is 0 Å². The van der Waals surface area contributed by atoms with Crippen LogP contribution in [0.5, 0.6) is 11.5 Å². The topological polar surface area (TPSA) is 109 Å². The predicted octanol–water partition coefficient (Wildman–Crippen LogP) is 3.12. The number of benzene rings is 2. The van der Waals surface area contributed by atoms with Crippen molar-refractivity contribution >= 4 is 11.6 Å². The van der Waals surface area contributed by atoms with Crippen LogP contribution in [0.15, 0.2) is 36.4 Å². The number of halogens is 2. The number of rotatable bonds is 9. The minimum Gasteiger partial charge on any atom is -0.494 e. The van der Waals surface area contributed by atoms with Crippen LogP contribution in [0.4, 0.5) is 4.39 Å². The summed E-state index contributed by atoms with van der Waals surface area (Å²) in [5, 5.41) is 41.2. The van der Waals surface area contributed by atoms with Gasteiger partial charge >= 0.3 is 0 Å². The van der Waals surface area contributed by atoms with Crippen molar-refractivity contribution in [1.29, 1.82) is 0 Å². The van der Waals surface area contributed by atoms with Gasteiger partial charge in [-0.15, -0.1) is 0 Å². The molecule has 2 aliphatic rings. The lowest BCUT2D eigenvalue weighted by molar-refractivity contribution is -0.232. The van der Waals surface area contributed by atoms with Crippen molar-refractivity contribution in [2.75, 3.05) is 19.8 Å². The number of aliphatic hydroxyl groups excluding tert-OH is 4. The van der Waals surface area contributed by atoms with E-state index in [1.165, 1.54) is 0 Å². The highest BCUT2D eigenvalue weighted by Crippen LogP contribution is 2.42. The highest BCUT2D eigenvalue weighted by molar-refractivity contribution is 6.31. The van der Waals surface area contributed by atoms with Gasteiger partial charge in [0.15, 0.2) is 0 Å². The molecule has 4 N–H and O–H groups in total. The Labute approximate surface area is 209 Å². The van der Waals surface area contributed by atoms with Crippen LogP contribution in [0.3, 0.4) is 0 Å². The summed E-state index contributed by atoms with van der Waals surface area (Å²) >= 11 is 6.58. The highest BCUT2D eigenvalue weighted by Gasteiger charge is 2.45. The van der Waals surface area contributed by atoms with Crippen LogP contribution in [-0.2, 0) is 11.2 Å². The van der Waals surface area contributed by atoms with E-state index in [2.05, 4.69) is 0 Å². The molecule has 7 nitrogen and oxygen atoms in total. The van der Waals surface area contributed by atoms with Gasteiger partial charge in [-0.1, -0.05) is 23.7 Å². The first kappa shape index (κ1) is 26.1. The second-order valence-electron chi connectivity index (χ2n) is 9.28. The predicted molar refractivity (Wildman–Crippen MR) is 128 cm³/mol. The smallest absolute Gasteiger partial charge is 0.144 e. The molecule has 1 aliphatic carbocycles. The number of alkyl halides is 1. The number of hydrogen-bond acceptors (Lipinski definition) is 7. The lowest BCUT2D eigenvalue weighted by atomic mass is 9.83. The fourth-order valence-electron chi connectivity index (χ4n) is 4.46. The zero-order valence-corrected chi connectivity index (χ0v) is 20.3. The Balaban J connectivity index is 1.66. The molecule has 192 valence electrons. The van der Waals surface area contributed by atoms with Crippen molar-refractivity contribution in [2.45, 2.75) is 68.8 Å². The summed E-state index contributed by atoms with van der Waals surface area (Å²) < 4.78 is 31.8. The maximum absolute atomic E-state index is 14.7. The van der Waals surface area contributed by atoms with Gasteiger partial charge in [-0.2, -0.15) is 0 Å². The summed E-state index contributed by atoms with van der Waals surface area (Å²) in [4.78, 5) is 0. The van der Waals surface area contributed by atoms with E-state index in [0.717, 1.165) is 17.7 Å². The van der Waals surface area contributed by atoms with E-state index in [1.54, 1.807) is 12.1 Å². The van der Waals surface area contributed by atoms with E-state index in [4.69, 9.17) is 25.8 Å². The molecular formula is C26H32ClFO7. The van der Waals surface area contributed by atoms with Gasteiger partial charge in [-0.25, -0.2) is 4.39 Å². The summed E-state index contributed by atoms with van der Waals surface area (Å²) in [5.41, 5.74) is 0.602. The molecule has 0 radical (unpaired) electrons. The lowest BCUT2D eigenvalue weighted by Crippen LogP contribution is -2.55. The molecular weight excluding hydrogens is 479 g/mol. The monoisotopic (exact) mass is 510 g/mol. The Morgan fingerprint density at radius 1 is 1.06 bits per heavy atom. The number of hydrogen-bond donors (Lipinski definition) is 4. The van der Waals surface area contributed by atoms with Crippen molar-refractivity contribution < 1.29 is 39.0 Å². The Bertz CT molecular complexity index is 996. The molecule has 35 heavy (non-hydrogen) atoms. The largest absolute Gasteiger partial charge is 0.494 e. The Hall–Kier alpha value is -1.94. The van der Waals surface area contributed by atoms with E-state index in [1.807, 2.05) is 31.2 Å². The van der Waals surface area contributed by atoms with Crippen LogP contribution in [0.2, 0.25) is 5.02 Å². The molecule has 0 bridgehead atoms. The second-order valence-corrected chi connectivity index (χ2v) is 9.68. The molecule has 0 unspecified atom stereocenters. The summed E-state index contributed by atoms with van der Waals surface area (Å²) in [6.07, 6.45) is -4.71. The molecule has 5 atom stereocenters. The van der Waals surface area contributed by atoms with E-state index < -0.39 is 42.8 Å². The molecule has 0 spiro atoms. The quantitative estimate of drug-likeness (QED) is 0.410. The molecule has 1 saturated heterocycles. The third-order valence-corrected chi connectivity index (χ3v) is 7.09. The van der Waals surface area contributed by atoms with Crippen molar-refractivity contribution in [3.63, 3.8) is 0 Å². The van der Waals surface area contributed by atoms with Gasteiger partial charge in [-0.3, -0.25) is 0 Å². The fraction of sp³-hybridized carbons (Fsp3) is 0.538. The molecule has 1 heterocycles. The summed E-state index contributed by atoms with van der Waals surface area (Å²) in [6, 6.07) is 10.8. The van der Waals surface area contributed by atoms with Crippen molar-refractivity contribution in [2.24, 2.45) is 0 Å². The Morgan fingerprint density at radius 3 is 2.37 bits per heavy atom. The van der Waals surface area contributed by atoms with Gasteiger partial charge in [0, 0.05) is 10.6 Å². The SMILES string of the molecule is CCOc1ccc(Cc2cc([C@@H]3O[C@H](CO)[C@@H](O)[C@H](O)[C@H]3O)c(OCC3(F)CCC3)cc2Cl)cc1. The van der Waals surface area contributed by atoms with E-state index in [-0.39, 0.29) is 12.4 Å². The summed E-state index contributed by atoms with van der Waals surface area (Å²) in [5.74, 6) is 0.975. The Morgan fingerprint density at radius 2 is 1.77 bits per heavy atom. The molecule has 1 saturated carbocycles. The second kappa shape index (κ2) is 11.0. The standard InChI is InChI=1S/C26H32ClFO7/c1-2-33-17-6-4-15(5-7-17)10-16-11-18(25-24(32)23(31)22(30)21(13-29)35-25)20(12-19(16)27)34-14-26(28)8-3-9-26/h4-7,11-12,21-25,29-32H,2-3,8-10,13-14H2,1H3/t21-,22-,23+,24-,25+/m1/s1. The van der Waals surface area contributed by atoms with Crippen molar-refractivity contribution in [3.05, 3.63) is 58.1 Å². The average Bonchev–Trinajstić information content (AvgIpc) is 2.83. The van der Waals surface area contributed by atoms with Crippen molar-refractivity contribution in [1.82, 2.24) is 0 Å². The van der Waals surface area contributed by atoms with Gasteiger partial charge in [0.05, 0.1) is 13.2 Å². The Kier molecular flexibility index (Phi) is 8.20. The lowest BCUT2D eigenvalue weighted by Gasteiger charge is -2.41. The zero-order valence-electron chi connectivity index (χ0n) is 19.6. The fourth-order valence-corrected chi connectivity index (χ4v) is 4.68. The van der Waals surface area contributed by atoms with Gasteiger partial charge in [0.1, 0.15) is 54.3 Å². The number of aliphatic hydroxyl groups is 4. The minimum atomic E-state index is -1.55. The van der Waals surface area contributed by atoms with Gasteiger partial charge in [-0.05, 0) is 68.0 Å². The molecule has 4 rings (SSSR count). The molecule has 9 heteroatoms. The minimum absolute atomic E-state index is 0.175.